The summed E-state index contributed by atoms with van der Waals surface area (Å²) in [5, 5.41) is 6.75. The van der Waals surface area contributed by atoms with Gasteiger partial charge in [0.05, 0.1) is 17.3 Å². The summed E-state index contributed by atoms with van der Waals surface area (Å²) in [5.41, 5.74) is 3.98. The molecule has 0 radical (unpaired) electrons. The molecule has 3 N–H and O–H groups in total. The number of benzene rings is 2. The van der Waals surface area contributed by atoms with Gasteiger partial charge in [-0.2, -0.15) is 0 Å². The van der Waals surface area contributed by atoms with Crippen LogP contribution in [-0.4, -0.2) is 43.0 Å². The fourth-order valence-corrected chi connectivity index (χ4v) is 4.13. The molecule has 1 heterocycles. The third-order valence-corrected chi connectivity index (χ3v) is 6.15. The molecule has 3 aromatic rings. The number of thiazole rings is 1. The second-order valence-electron chi connectivity index (χ2n) is 7.65. The number of aryl methyl sites for hydroxylation is 1. The van der Waals surface area contributed by atoms with Crippen LogP contribution >= 0.6 is 11.3 Å². The maximum atomic E-state index is 12.6. The molecule has 0 fully saturated rings. The summed E-state index contributed by atoms with van der Waals surface area (Å²) in [5.74, 6) is -0.150. The molecular formula is C23H29N4O2S+. The Morgan fingerprint density at radius 2 is 1.90 bits per heavy atom. The molecule has 1 aromatic heterocycles. The third kappa shape index (κ3) is 5.43. The average Bonchev–Trinajstić information content (AvgIpc) is 3.15. The van der Waals surface area contributed by atoms with E-state index < -0.39 is 0 Å². The predicted octanol–water partition coefficient (Wildman–Crippen LogP) is 2.64. The molecule has 6 nitrogen and oxygen atoms in total. The summed E-state index contributed by atoms with van der Waals surface area (Å²) < 4.78 is 1.17. The molecule has 7 heteroatoms. The van der Waals surface area contributed by atoms with Gasteiger partial charge in [0.1, 0.15) is 5.01 Å². The van der Waals surface area contributed by atoms with Crippen molar-refractivity contribution in [2.45, 2.75) is 33.2 Å². The number of aromatic nitrogens is 1. The quantitative estimate of drug-likeness (QED) is 0.519. The Morgan fingerprint density at radius 1 is 1.17 bits per heavy atom. The molecule has 158 valence electrons. The second-order valence-corrected chi connectivity index (χ2v) is 8.68. The van der Waals surface area contributed by atoms with Crippen LogP contribution < -0.4 is 15.5 Å². The van der Waals surface area contributed by atoms with E-state index in [1.807, 2.05) is 51.2 Å². The Bertz CT molecular complexity index is 1030. The van der Waals surface area contributed by atoms with Gasteiger partial charge in [0.25, 0.3) is 11.8 Å². The molecule has 1 unspecified atom stereocenters. The van der Waals surface area contributed by atoms with Gasteiger partial charge in [0.2, 0.25) is 0 Å². The van der Waals surface area contributed by atoms with Crippen LogP contribution in [0.4, 0.5) is 5.69 Å². The molecule has 0 spiro atoms. The van der Waals surface area contributed by atoms with E-state index in [1.54, 1.807) is 11.3 Å². The standard InChI is InChI=1S/C23H28N4O2S/c1-5-12-24-21(28)14-27(4)16(3)22(29)25-18-9-7-17(8-10-18)23-26-19-11-6-15(2)13-20(19)30-23/h6-11,13,16H,5,12,14H2,1-4H3,(H,24,28)(H,25,29)/p+1/t16-/m0/s1. The van der Waals surface area contributed by atoms with Crippen molar-refractivity contribution in [2.75, 3.05) is 25.5 Å². The van der Waals surface area contributed by atoms with Crippen LogP contribution in [0, 0.1) is 6.92 Å². The first-order valence-electron chi connectivity index (χ1n) is 10.2. The summed E-state index contributed by atoms with van der Waals surface area (Å²) >= 11 is 1.66. The fraction of sp³-hybridized carbons (Fsp3) is 0.348. The molecule has 3 rings (SSSR count). The number of amides is 2. The van der Waals surface area contributed by atoms with Crippen molar-refractivity contribution < 1.29 is 14.5 Å². The summed E-state index contributed by atoms with van der Waals surface area (Å²) in [7, 11) is 1.85. The van der Waals surface area contributed by atoms with E-state index in [9.17, 15) is 9.59 Å². The van der Waals surface area contributed by atoms with Crippen molar-refractivity contribution in [2.24, 2.45) is 0 Å². The van der Waals surface area contributed by atoms with Gasteiger partial charge in [-0.1, -0.05) is 13.0 Å². The first-order chi connectivity index (χ1) is 14.4. The van der Waals surface area contributed by atoms with E-state index >= 15 is 0 Å². The van der Waals surface area contributed by atoms with Gasteiger partial charge < -0.3 is 15.5 Å². The fourth-order valence-electron chi connectivity index (χ4n) is 3.06. The number of nitrogens with one attached hydrogen (secondary N) is 3. The average molecular weight is 426 g/mol. The topological polar surface area (TPSA) is 75.5 Å². The van der Waals surface area contributed by atoms with Crippen LogP contribution in [0.1, 0.15) is 25.8 Å². The molecule has 2 aromatic carbocycles. The van der Waals surface area contributed by atoms with Crippen molar-refractivity contribution in [3.8, 4) is 10.6 Å². The Kier molecular flexibility index (Phi) is 7.18. The highest BCUT2D eigenvalue weighted by atomic mass is 32.1. The minimum Gasteiger partial charge on any atom is -0.351 e. The van der Waals surface area contributed by atoms with E-state index in [2.05, 4.69) is 29.7 Å². The summed E-state index contributed by atoms with van der Waals surface area (Å²) in [6.45, 7) is 6.84. The van der Waals surface area contributed by atoms with Crippen molar-refractivity contribution >= 4 is 39.1 Å². The van der Waals surface area contributed by atoms with Gasteiger partial charge in [-0.25, -0.2) is 4.98 Å². The van der Waals surface area contributed by atoms with E-state index in [0.29, 0.717) is 6.54 Å². The number of carbonyl (C=O) groups excluding carboxylic acids is 2. The minimum atomic E-state index is -0.343. The lowest BCUT2D eigenvalue weighted by atomic mass is 10.2. The largest absolute Gasteiger partial charge is 0.351 e. The highest BCUT2D eigenvalue weighted by molar-refractivity contribution is 7.21. The number of hydrogen-bond donors (Lipinski definition) is 3. The van der Waals surface area contributed by atoms with E-state index in [1.165, 1.54) is 10.3 Å². The highest BCUT2D eigenvalue weighted by Crippen LogP contribution is 2.31. The lowest BCUT2D eigenvalue weighted by Gasteiger charge is -2.20. The van der Waals surface area contributed by atoms with Crippen molar-refractivity contribution in [1.82, 2.24) is 10.3 Å². The number of rotatable bonds is 8. The molecule has 2 atom stereocenters. The molecular weight excluding hydrogens is 396 g/mol. The van der Waals surface area contributed by atoms with Crippen LogP contribution in [0.15, 0.2) is 42.5 Å². The number of likely N-dealkylation sites (N-methyl/N-ethyl adjacent to an activating group) is 1. The first kappa shape index (κ1) is 21.9. The summed E-state index contributed by atoms with van der Waals surface area (Å²) in [6, 6.07) is 13.6. The van der Waals surface area contributed by atoms with E-state index in [-0.39, 0.29) is 24.4 Å². The lowest BCUT2D eigenvalue weighted by molar-refractivity contribution is -0.885. The predicted molar refractivity (Wildman–Crippen MR) is 123 cm³/mol. The molecule has 0 bridgehead atoms. The maximum absolute atomic E-state index is 12.6. The maximum Gasteiger partial charge on any atom is 0.282 e. The Hall–Kier alpha value is -2.77. The molecule has 0 saturated heterocycles. The number of nitrogens with zero attached hydrogens (tertiary/aromatic N) is 1. The first-order valence-corrected chi connectivity index (χ1v) is 11.1. The summed E-state index contributed by atoms with van der Waals surface area (Å²) in [4.78, 5) is 30.0. The SMILES string of the molecule is CCCNC(=O)C[NH+](C)[C@@H](C)C(=O)Nc1ccc(-c2nc3ccc(C)cc3s2)cc1. The second kappa shape index (κ2) is 9.82. The number of quaternary nitrogens is 1. The molecule has 0 aliphatic heterocycles. The number of carbonyl (C=O) groups is 2. The minimum absolute atomic E-state index is 0.0376. The number of hydrogen-bond acceptors (Lipinski definition) is 4. The van der Waals surface area contributed by atoms with Gasteiger partial charge >= 0.3 is 0 Å². The van der Waals surface area contributed by atoms with Gasteiger partial charge in [-0.3, -0.25) is 9.59 Å². The zero-order valence-corrected chi connectivity index (χ0v) is 18.7. The zero-order valence-electron chi connectivity index (χ0n) is 17.9. The highest BCUT2D eigenvalue weighted by Gasteiger charge is 2.23. The van der Waals surface area contributed by atoms with E-state index in [0.717, 1.165) is 33.1 Å². The van der Waals surface area contributed by atoms with Crippen LogP contribution in [0.25, 0.3) is 20.8 Å². The third-order valence-electron chi connectivity index (χ3n) is 5.09. The van der Waals surface area contributed by atoms with Crippen LogP contribution in [0.2, 0.25) is 0 Å². The van der Waals surface area contributed by atoms with Gasteiger partial charge in [0, 0.05) is 17.8 Å². The molecule has 0 aliphatic carbocycles. The smallest absolute Gasteiger partial charge is 0.282 e. The van der Waals surface area contributed by atoms with Gasteiger partial charge in [-0.15, -0.1) is 11.3 Å². The van der Waals surface area contributed by atoms with Gasteiger partial charge in [-0.05, 0) is 62.2 Å². The number of fused-ring (bicyclic) bond motifs is 1. The normalized spacial score (nSPS) is 13.1. The lowest BCUT2D eigenvalue weighted by Crippen LogP contribution is -3.15. The molecule has 0 aliphatic rings. The van der Waals surface area contributed by atoms with Crippen molar-refractivity contribution in [3.63, 3.8) is 0 Å². The molecule has 2 amide bonds. The van der Waals surface area contributed by atoms with E-state index in [4.69, 9.17) is 4.98 Å². The van der Waals surface area contributed by atoms with Crippen LogP contribution in [0.3, 0.4) is 0 Å². The van der Waals surface area contributed by atoms with Gasteiger partial charge in [0.15, 0.2) is 12.6 Å². The van der Waals surface area contributed by atoms with Crippen LogP contribution in [-0.2, 0) is 9.59 Å². The summed E-state index contributed by atoms with van der Waals surface area (Å²) in [6.07, 6.45) is 0.896. The Morgan fingerprint density at radius 3 is 2.60 bits per heavy atom. The Balaban J connectivity index is 1.61. The number of anilines is 1. The molecule has 0 saturated carbocycles. The molecule has 30 heavy (non-hydrogen) atoms. The monoisotopic (exact) mass is 425 g/mol. The Labute approximate surface area is 181 Å². The van der Waals surface area contributed by atoms with Crippen LogP contribution in [0.5, 0.6) is 0 Å². The van der Waals surface area contributed by atoms with Crippen molar-refractivity contribution in [3.05, 3.63) is 48.0 Å². The zero-order chi connectivity index (χ0) is 21.7. The van der Waals surface area contributed by atoms with Crippen molar-refractivity contribution in [1.29, 1.82) is 0 Å².